The summed E-state index contributed by atoms with van der Waals surface area (Å²) in [5.74, 6) is -7.62. The molecule has 0 bridgehead atoms. The summed E-state index contributed by atoms with van der Waals surface area (Å²) >= 11 is 5.77. The fourth-order valence-corrected chi connectivity index (χ4v) is 3.54. The topological polar surface area (TPSA) is 87.3 Å². The van der Waals surface area contributed by atoms with Crippen molar-refractivity contribution in [2.45, 2.75) is 17.9 Å². The number of amides is 3. The number of aliphatic imine (C=N–C) groups is 2. The number of nitrogens with one attached hydrogen (secondary N) is 1. The van der Waals surface area contributed by atoms with E-state index in [9.17, 15) is 35.9 Å². The Morgan fingerprint density at radius 1 is 1.03 bits per heavy atom. The van der Waals surface area contributed by atoms with Crippen LogP contribution in [0.5, 0.6) is 0 Å². The molecular formula is C18H9ClF6N4O3. The number of hydrogen-bond acceptors (Lipinski definition) is 5. The number of rotatable bonds is 2. The fraction of sp³-hybridized carbons (Fsp3) is 0.222. The Morgan fingerprint density at radius 2 is 1.66 bits per heavy atom. The minimum atomic E-state index is -6.10. The van der Waals surface area contributed by atoms with Crippen molar-refractivity contribution >= 4 is 40.9 Å². The molecular weight excluding hydrogens is 470 g/mol. The molecule has 7 nitrogen and oxygen atoms in total. The number of halogens is 7. The van der Waals surface area contributed by atoms with Gasteiger partial charge in [0.05, 0.1) is 12.0 Å². The number of alkyl halides is 6. The molecule has 14 heteroatoms. The number of nitrogens with zero attached hydrogens (tertiary/aromatic N) is 3. The second kappa shape index (κ2) is 7.08. The first-order chi connectivity index (χ1) is 14.9. The van der Waals surface area contributed by atoms with Crippen LogP contribution in [0.3, 0.4) is 0 Å². The Balaban J connectivity index is 2.04. The standard InChI is InChI=1S/C18H9ClF6N4O3/c19-8-3-5-9(6-4-8)29-13-11(14(30)27-15(29)31)16(17(20,21)22,18(23,24)25)28-12(26-13)10-2-1-7-32-10/h1-7,11H,(H,27,30,31). The van der Waals surface area contributed by atoms with E-state index >= 15 is 0 Å². The van der Waals surface area contributed by atoms with Crippen molar-refractivity contribution in [2.24, 2.45) is 15.9 Å². The molecule has 168 valence electrons. The summed E-state index contributed by atoms with van der Waals surface area (Å²) in [6.45, 7) is 0. The molecule has 0 spiro atoms. The molecule has 0 aliphatic carbocycles. The number of carbonyl (C=O) groups is 2. The predicted octanol–water partition coefficient (Wildman–Crippen LogP) is 4.33. The number of urea groups is 1. The molecule has 1 saturated heterocycles. The van der Waals surface area contributed by atoms with Crippen LogP contribution in [0.2, 0.25) is 5.02 Å². The highest BCUT2D eigenvalue weighted by atomic mass is 35.5. The van der Waals surface area contributed by atoms with Crippen LogP contribution in [0, 0.1) is 5.92 Å². The molecule has 3 heterocycles. The first-order valence-corrected chi connectivity index (χ1v) is 9.01. The largest absolute Gasteiger partial charge is 0.461 e. The summed E-state index contributed by atoms with van der Waals surface area (Å²) in [6, 6.07) is 5.77. The van der Waals surface area contributed by atoms with Crippen molar-refractivity contribution < 1.29 is 40.3 Å². The third-order valence-corrected chi connectivity index (χ3v) is 5.05. The zero-order valence-corrected chi connectivity index (χ0v) is 16.1. The van der Waals surface area contributed by atoms with Crippen LogP contribution < -0.4 is 10.2 Å². The highest BCUT2D eigenvalue weighted by Crippen LogP contribution is 2.53. The molecule has 1 unspecified atom stereocenters. The quantitative estimate of drug-likeness (QED) is 0.652. The fourth-order valence-electron chi connectivity index (χ4n) is 3.41. The maximum absolute atomic E-state index is 14.1. The van der Waals surface area contributed by atoms with Crippen LogP contribution in [0.15, 0.2) is 57.1 Å². The minimum Gasteiger partial charge on any atom is -0.461 e. The van der Waals surface area contributed by atoms with Gasteiger partial charge in [-0.3, -0.25) is 10.1 Å². The first-order valence-electron chi connectivity index (χ1n) is 8.63. The zero-order chi connectivity index (χ0) is 23.5. The monoisotopic (exact) mass is 478 g/mol. The van der Waals surface area contributed by atoms with E-state index in [0.717, 1.165) is 12.3 Å². The molecule has 2 aliphatic rings. The summed E-state index contributed by atoms with van der Waals surface area (Å²) in [5.41, 5.74) is -5.11. The summed E-state index contributed by atoms with van der Waals surface area (Å²) in [6.07, 6.45) is -11.2. The maximum atomic E-state index is 14.1. The van der Waals surface area contributed by atoms with Gasteiger partial charge in [0.1, 0.15) is 11.8 Å². The lowest BCUT2D eigenvalue weighted by Gasteiger charge is -2.45. The molecule has 2 aliphatic heterocycles. The molecule has 0 radical (unpaired) electrons. The number of imide groups is 1. The van der Waals surface area contributed by atoms with Gasteiger partial charge in [-0.2, -0.15) is 26.3 Å². The number of fused-ring (bicyclic) bond motifs is 1. The van der Waals surface area contributed by atoms with Gasteiger partial charge < -0.3 is 4.42 Å². The van der Waals surface area contributed by atoms with E-state index in [0.29, 0.717) is 4.90 Å². The molecule has 1 aromatic carbocycles. The van der Waals surface area contributed by atoms with E-state index in [1.165, 1.54) is 35.6 Å². The number of anilines is 1. The van der Waals surface area contributed by atoms with Crippen molar-refractivity contribution in [3.05, 3.63) is 53.4 Å². The Hall–Kier alpha value is -3.35. The van der Waals surface area contributed by atoms with E-state index in [1.807, 2.05) is 0 Å². The lowest BCUT2D eigenvalue weighted by Crippen LogP contribution is -2.73. The van der Waals surface area contributed by atoms with Crippen molar-refractivity contribution in [3.8, 4) is 0 Å². The Bertz CT molecular complexity index is 1120. The third kappa shape index (κ3) is 3.15. The van der Waals surface area contributed by atoms with E-state index in [4.69, 9.17) is 16.0 Å². The Labute approximate surface area is 179 Å². The molecule has 1 N–H and O–H groups in total. The van der Waals surface area contributed by atoms with Gasteiger partial charge in [0.2, 0.25) is 5.91 Å². The van der Waals surface area contributed by atoms with Gasteiger partial charge >= 0.3 is 18.4 Å². The van der Waals surface area contributed by atoms with Crippen LogP contribution in [-0.4, -0.2) is 41.5 Å². The zero-order valence-electron chi connectivity index (χ0n) is 15.3. The lowest BCUT2D eigenvalue weighted by atomic mass is 9.78. The van der Waals surface area contributed by atoms with Crippen molar-refractivity contribution in [1.82, 2.24) is 5.32 Å². The number of amidine groups is 2. The predicted molar refractivity (Wildman–Crippen MR) is 98.5 cm³/mol. The van der Waals surface area contributed by atoms with Crippen molar-refractivity contribution in [1.29, 1.82) is 0 Å². The average molecular weight is 479 g/mol. The maximum Gasteiger partial charge on any atom is 0.423 e. The number of hydrogen-bond donors (Lipinski definition) is 1. The van der Waals surface area contributed by atoms with E-state index < -0.39 is 53.2 Å². The SMILES string of the molecule is O=C1NC(=O)N(c2ccc(Cl)cc2)C2=NC(c3ccco3)=NC(C(F)(F)F)(C(F)(F)F)C12. The van der Waals surface area contributed by atoms with Crippen LogP contribution >= 0.6 is 11.6 Å². The number of benzene rings is 1. The van der Waals surface area contributed by atoms with Gasteiger partial charge in [0.25, 0.3) is 5.54 Å². The normalized spacial score (nSPS) is 21.0. The Kier molecular flexibility index (Phi) is 4.84. The van der Waals surface area contributed by atoms with E-state index in [1.54, 1.807) is 0 Å². The highest BCUT2D eigenvalue weighted by Gasteiger charge is 2.79. The molecule has 4 rings (SSSR count). The summed E-state index contributed by atoms with van der Waals surface area (Å²) in [5, 5.41) is 1.71. The van der Waals surface area contributed by atoms with Gasteiger partial charge in [-0.05, 0) is 36.4 Å². The smallest absolute Gasteiger partial charge is 0.423 e. The van der Waals surface area contributed by atoms with Crippen LogP contribution in [0.25, 0.3) is 0 Å². The second-order valence-corrected chi connectivity index (χ2v) is 7.12. The van der Waals surface area contributed by atoms with Gasteiger partial charge in [0, 0.05) is 5.02 Å². The Morgan fingerprint density at radius 3 is 2.19 bits per heavy atom. The molecule has 1 aromatic heterocycles. The number of furan rings is 1. The first kappa shape index (κ1) is 21.9. The molecule has 1 atom stereocenters. The molecule has 3 amide bonds. The molecule has 32 heavy (non-hydrogen) atoms. The summed E-state index contributed by atoms with van der Waals surface area (Å²) in [4.78, 5) is 32.0. The van der Waals surface area contributed by atoms with Crippen molar-refractivity contribution in [3.63, 3.8) is 0 Å². The van der Waals surface area contributed by atoms with E-state index in [2.05, 4.69) is 9.98 Å². The lowest BCUT2D eigenvalue weighted by molar-refractivity contribution is -0.302. The average Bonchev–Trinajstić information content (AvgIpc) is 3.21. The van der Waals surface area contributed by atoms with Gasteiger partial charge in [-0.1, -0.05) is 11.6 Å². The summed E-state index contributed by atoms with van der Waals surface area (Å²) < 4.78 is 89.6. The van der Waals surface area contributed by atoms with Gasteiger partial charge in [0.15, 0.2) is 11.6 Å². The molecule has 1 fully saturated rings. The van der Waals surface area contributed by atoms with Crippen LogP contribution in [0.4, 0.5) is 36.8 Å². The minimum absolute atomic E-state index is 0.179. The van der Waals surface area contributed by atoms with E-state index in [-0.39, 0.29) is 10.7 Å². The molecule has 2 aromatic rings. The summed E-state index contributed by atoms with van der Waals surface area (Å²) in [7, 11) is 0. The van der Waals surface area contributed by atoms with Crippen LogP contribution in [-0.2, 0) is 4.79 Å². The number of carbonyl (C=O) groups excluding carboxylic acids is 2. The van der Waals surface area contributed by atoms with Gasteiger partial charge in [-0.15, -0.1) is 0 Å². The highest BCUT2D eigenvalue weighted by molar-refractivity contribution is 6.33. The van der Waals surface area contributed by atoms with Gasteiger partial charge in [-0.25, -0.2) is 19.7 Å². The third-order valence-electron chi connectivity index (χ3n) is 4.79. The second-order valence-electron chi connectivity index (χ2n) is 6.68. The molecule has 0 saturated carbocycles. The van der Waals surface area contributed by atoms with Crippen LogP contribution in [0.1, 0.15) is 5.76 Å². The van der Waals surface area contributed by atoms with Crippen molar-refractivity contribution in [2.75, 3.05) is 4.90 Å².